The van der Waals surface area contributed by atoms with Crippen molar-refractivity contribution in [1.82, 2.24) is 5.32 Å². The summed E-state index contributed by atoms with van der Waals surface area (Å²) in [6.45, 7) is 3.46. The SMILES string of the molecule is CCCCCCCCCCC/C=C\C/C=C\CCCCCCCCC(O)C(=O)NC(COC1OC(CO)C(O)C(O)C1O)C(O)C(O)CCC/C=C/CC/C=C/CCCCCCCCCCCCCCCCC. The number of aliphatic hydroxyl groups excluding tert-OH is 7. The molecule has 1 fully saturated rings. The molecule has 428 valence electrons. The molecule has 8 N–H and O–H groups in total. The average Bonchev–Trinajstić information content (AvgIpc) is 3.39. The van der Waals surface area contributed by atoms with Crippen molar-refractivity contribution in [2.24, 2.45) is 0 Å². The van der Waals surface area contributed by atoms with Crippen molar-refractivity contribution in [3.8, 4) is 0 Å². The number of nitrogens with one attached hydrogen (secondary N) is 1. The Morgan fingerprint density at radius 3 is 1.30 bits per heavy atom. The van der Waals surface area contributed by atoms with E-state index in [2.05, 4.69) is 67.8 Å². The second-order valence-corrected chi connectivity index (χ2v) is 21.4. The van der Waals surface area contributed by atoms with Gasteiger partial charge in [0.05, 0.1) is 25.4 Å². The lowest BCUT2D eigenvalue weighted by Gasteiger charge is -2.40. The molecule has 11 nitrogen and oxygen atoms in total. The predicted octanol–water partition coefficient (Wildman–Crippen LogP) is 13.2. The van der Waals surface area contributed by atoms with Crippen LogP contribution in [0.25, 0.3) is 0 Å². The zero-order valence-electron chi connectivity index (χ0n) is 46.9. The molecule has 1 saturated heterocycles. The molecule has 0 spiro atoms. The van der Waals surface area contributed by atoms with Gasteiger partial charge in [-0.05, 0) is 83.5 Å². The van der Waals surface area contributed by atoms with Gasteiger partial charge in [0.2, 0.25) is 5.91 Å². The van der Waals surface area contributed by atoms with Gasteiger partial charge in [-0.1, -0.05) is 236 Å². The van der Waals surface area contributed by atoms with Crippen molar-refractivity contribution in [2.45, 2.75) is 326 Å². The lowest BCUT2D eigenvalue weighted by molar-refractivity contribution is -0.303. The van der Waals surface area contributed by atoms with Crippen molar-refractivity contribution in [3.63, 3.8) is 0 Å². The molecule has 0 aliphatic carbocycles. The number of hydrogen-bond acceptors (Lipinski definition) is 10. The number of aliphatic hydroxyl groups is 7. The number of rotatable bonds is 52. The predicted molar refractivity (Wildman–Crippen MR) is 302 cm³/mol. The Labute approximate surface area is 447 Å². The standard InChI is InChI=1S/C62H115NO10/c1-3-5-7-9-11-13-15-17-19-21-23-25-27-28-30-31-33-35-37-39-41-43-45-47-49-54(65)57(67)53(52-72-62-60(70)59(69)58(68)56(51-64)73-62)63-61(71)55(66)50-48-46-44-42-40-38-36-34-32-29-26-24-22-20-18-16-14-12-10-8-6-4-2/h24,26,32-35,41,43,53-60,62,64-70H,3-23,25,27-31,36-40,42,44-52H2,1-2H3,(H,63,71)/b26-24-,34-32-,35-33+,43-41+. The summed E-state index contributed by atoms with van der Waals surface area (Å²) in [5.74, 6) is -0.717. The fourth-order valence-electron chi connectivity index (χ4n) is 9.61. The van der Waals surface area contributed by atoms with Crippen LogP contribution >= 0.6 is 0 Å². The maximum atomic E-state index is 13.2. The van der Waals surface area contributed by atoms with Crippen molar-refractivity contribution in [3.05, 3.63) is 48.6 Å². The summed E-state index contributed by atoms with van der Waals surface area (Å²) >= 11 is 0. The fourth-order valence-corrected chi connectivity index (χ4v) is 9.61. The average molecular weight is 1030 g/mol. The first-order valence-corrected chi connectivity index (χ1v) is 30.5. The first-order valence-electron chi connectivity index (χ1n) is 30.5. The number of hydrogen-bond donors (Lipinski definition) is 8. The molecule has 0 radical (unpaired) electrons. The highest BCUT2D eigenvalue weighted by atomic mass is 16.7. The van der Waals surface area contributed by atoms with Gasteiger partial charge in [-0.15, -0.1) is 0 Å². The molecular formula is C62H115NO10. The van der Waals surface area contributed by atoms with E-state index in [4.69, 9.17) is 9.47 Å². The second kappa shape index (κ2) is 50.9. The van der Waals surface area contributed by atoms with E-state index in [1.807, 2.05) is 0 Å². The zero-order valence-corrected chi connectivity index (χ0v) is 46.9. The van der Waals surface area contributed by atoms with Crippen LogP contribution in [0.2, 0.25) is 0 Å². The number of carbonyl (C=O) groups is 1. The molecular weight excluding hydrogens is 919 g/mol. The van der Waals surface area contributed by atoms with Crippen LogP contribution in [-0.4, -0.2) is 110 Å². The Morgan fingerprint density at radius 1 is 0.479 bits per heavy atom. The summed E-state index contributed by atoms with van der Waals surface area (Å²) in [5, 5.41) is 76.2. The van der Waals surface area contributed by atoms with Crippen LogP contribution in [0.4, 0.5) is 0 Å². The Hall–Kier alpha value is -1.93. The number of unbranched alkanes of at least 4 members (excludes halogenated alkanes) is 32. The fraction of sp³-hybridized carbons (Fsp3) is 0.855. The van der Waals surface area contributed by atoms with Crippen LogP contribution in [-0.2, 0) is 14.3 Å². The number of carbonyl (C=O) groups excluding carboxylic acids is 1. The smallest absolute Gasteiger partial charge is 0.249 e. The third kappa shape index (κ3) is 39.1. The highest BCUT2D eigenvalue weighted by Gasteiger charge is 2.44. The van der Waals surface area contributed by atoms with Gasteiger partial charge >= 0.3 is 0 Å². The van der Waals surface area contributed by atoms with Gasteiger partial charge in [0.15, 0.2) is 6.29 Å². The van der Waals surface area contributed by atoms with Crippen molar-refractivity contribution >= 4 is 5.91 Å². The molecule has 0 aromatic rings. The van der Waals surface area contributed by atoms with E-state index >= 15 is 0 Å². The first-order chi connectivity index (χ1) is 35.7. The van der Waals surface area contributed by atoms with E-state index in [1.165, 1.54) is 161 Å². The minimum absolute atomic E-state index is 0.238. The van der Waals surface area contributed by atoms with Gasteiger partial charge < -0.3 is 50.5 Å². The van der Waals surface area contributed by atoms with Crippen molar-refractivity contribution < 1.29 is 50.0 Å². The van der Waals surface area contributed by atoms with Gasteiger partial charge in [0.1, 0.15) is 36.6 Å². The molecule has 1 rings (SSSR count). The Bertz CT molecular complexity index is 1320. The van der Waals surface area contributed by atoms with E-state index < -0.39 is 74.2 Å². The molecule has 73 heavy (non-hydrogen) atoms. The molecule has 1 heterocycles. The van der Waals surface area contributed by atoms with Crippen molar-refractivity contribution in [2.75, 3.05) is 13.2 Å². The summed E-state index contributed by atoms with van der Waals surface area (Å²) in [6.07, 6.45) is 53.1. The zero-order chi connectivity index (χ0) is 53.3. The molecule has 0 saturated carbocycles. The quantitative estimate of drug-likeness (QED) is 0.0215. The topological polar surface area (TPSA) is 189 Å². The van der Waals surface area contributed by atoms with Crippen LogP contribution in [0.5, 0.6) is 0 Å². The van der Waals surface area contributed by atoms with Crippen LogP contribution in [0, 0.1) is 0 Å². The maximum Gasteiger partial charge on any atom is 0.249 e. The minimum atomic E-state index is -1.68. The van der Waals surface area contributed by atoms with E-state index in [-0.39, 0.29) is 12.8 Å². The van der Waals surface area contributed by atoms with Crippen LogP contribution in [0.15, 0.2) is 48.6 Å². The molecule has 0 aromatic carbocycles. The summed E-state index contributed by atoms with van der Waals surface area (Å²) in [4.78, 5) is 13.2. The molecule has 1 aliphatic rings. The van der Waals surface area contributed by atoms with Gasteiger partial charge in [0, 0.05) is 0 Å². The van der Waals surface area contributed by atoms with E-state index in [0.717, 1.165) is 64.2 Å². The molecule has 9 atom stereocenters. The van der Waals surface area contributed by atoms with E-state index in [1.54, 1.807) is 0 Å². The van der Waals surface area contributed by atoms with Gasteiger partial charge in [-0.25, -0.2) is 0 Å². The molecule has 9 unspecified atom stereocenters. The summed E-state index contributed by atoms with van der Waals surface area (Å²) in [5.41, 5.74) is 0. The second-order valence-electron chi connectivity index (χ2n) is 21.4. The minimum Gasteiger partial charge on any atom is -0.394 e. The molecule has 1 amide bonds. The molecule has 0 bridgehead atoms. The maximum absolute atomic E-state index is 13.2. The molecule has 1 aliphatic heterocycles. The Balaban J connectivity index is 2.34. The third-order valence-corrected chi connectivity index (χ3v) is 14.6. The number of amides is 1. The highest BCUT2D eigenvalue weighted by molar-refractivity contribution is 5.80. The monoisotopic (exact) mass is 1030 g/mol. The number of ether oxygens (including phenoxy) is 2. The molecule has 11 heteroatoms. The largest absolute Gasteiger partial charge is 0.394 e. The third-order valence-electron chi connectivity index (χ3n) is 14.6. The first kappa shape index (κ1) is 69.1. The van der Waals surface area contributed by atoms with E-state index in [0.29, 0.717) is 19.3 Å². The van der Waals surface area contributed by atoms with Gasteiger partial charge in [-0.2, -0.15) is 0 Å². The van der Waals surface area contributed by atoms with Crippen LogP contribution < -0.4 is 5.32 Å². The Kier molecular flexibility index (Phi) is 48.1. The van der Waals surface area contributed by atoms with Crippen LogP contribution in [0.3, 0.4) is 0 Å². The van der Waals surface area contributed by atoms with E-state index in [9.17, 15) is 40.5 Å². The molecule has 0 aromatic heterocycles. The normalized spacial score (nSPS) is 20.3. The highest BCUT2D eigenvalue weighted by Crippen LogP contribution is 2.23. The summed E-state index contributed by atoms with van der Waals surface area (Å²) in [6, 6.07) is -1.20. The van der Waals surface area contributed by atoms with Crippen LogP contribution in [0.1, 0.15) is 271 Å². The summed E-state index contributed by atoms with van der Waals surface area (Å²) in [7, 11) is 0. The number of allylic oxidation sites excluding steroid dienone is 8. The lowest BCUT2D eigenvalue weighted by Crippen LogP contribution is -2.60. The lowest BCUT2D eigenvalue weighted by atomic mass is 9.98. The Morgan fingerprint density at radius 2 is 0.863 bits per heavy atom. The van der Waals surface area contributed by atoms with Gasteiger partial charge in [0.25, 0.3) is 0 Å². The van der Waals surface area contributed by atoms with Crippen molar-refractivity contribution in [1.29, 1.82) is 0 Å². The summed E-state index contributed by atoms with van der Waals surface area (Å²) < 4.78 is 11.1. The van der Waals surface area contributed by atoms with Gasteiger partial charge in [-0.3, -0.25) is 4.79 Å².